The van der Waals surface area contributed by atoms with Crippen LogP contribution in [0.25, 0.3) is 0 Å². The molecule has 0 unspecified atom stereocenters. The Morgan fingerprint density at radius 3 is 2.23 bits per heavy atom. The number of ether oxygens (including phenoxy) is 2. The van der Waals surface area contributed by atoms with Crippen molar-refractivity contribution < 1.29 is 19.1 Å². The maximum Gasteiger partial charge on any atom is 0.337 e. The molecule has 0 heterocycles. The number of hydrogen-bond donors (Lipinski definition) is 1. The van der Waals surface area contributed by atoms with Crippen LogP contribution in [0.3, 0.4) is 0 Å². The molecule has 1 N–H and O–H groups in total. The van der Waals surface area contributed by atoms with E-state index in [9.17, 15) is 9.59 Å². The number of aryl methyl sites for hydroxylation is 1. The molecule has 0 radical (unpaired) electrons. The lowest BCUT2D eigenvalue weighted by Gasteiger charge is -2.07. The molecule has 0 aromatic heterocycles. The van der Waals surface area contributed by atoms with Gasteiger partial charge in [-0.05, 0) is 43.3 Å². The molecule has 0 spiro atoms. The van der Waals surface area contributed by atoms with Gasteiger partial charge < -0.3 is 14.8 Å². The lowest BCUT2D eigenvalue weighted by molar-refractivity contribution is -0.138. The van der Waals surface area contributed by atoms with E-state index in [2.05, 4.69) is 10.1 Å². The highest BCUT2D eigenvalue weighted by molar-refractivity contribution is 6.04. The molecule has 0 aliphatic carbocycles. The lowest BCUT2D eigenvalue weighted by atomic mass is 10.2. The number of esters is 1. The third-order valence-electron chi connectivity index (χ3n) is 2.92. The average Bonchev–Trinajstić information content (AvgIpc) is 2.50. The number of nitrogens with one attached hydrogen (secondary N) is 1. The molecule has 0 aliphatic rings. The normalized spacial score (nSPS) is 10.1. The number of benzene rings is 2. The maximum atomic E-state index is 12.1. The molecule has 5 nitrogen and oxygen atoms in total. The number of rotatable bonds is 5. The maximum absolute atomic E-state index is 12.1. The van der Waals surface area contributed by atoms with Gasteiger partial charge >= 0.3 is 5.97 Å². The van der Waals surface area contributed by atoms with Crippen molar-refractivity contribution in [3.63, 3.8) is 0 Å². The van der Waals surface area contributed by atoms with E-state index in [1.165, 1.54) is 7.11 Å². The van der Waals surface area contributed by atoms with Crippen LogP contribution < -0.4 is 10.1 Å². The summed E-state index contributed by atoms with van der Waals surface area (Å²) in [5, 5.41) is 2.80. The fraction of sp³-hybridized carbons (Fsp3) is 0.176. The molecular formula is C17H17NO4. The summed E-state index contributed by atoms with van der Waals surface area (Å²) < 4.78 is 9.70. The van der Waals surface area contributed by atoms with Crippen molar-refractivity contribution in [2.24, 2.45) is 0 Å². The second-order valence-corrected chi connectivity index (χ2v) is 4.75. The van der Waals surface area contributed by atoms with Gasteiger partial charge in [-0.25, -0.2) is 4.79 Å². The van der Waals surface area contributed by atoms with E-state index in [0.29, 0.717) is 11.3 Å². The van der Waals surface area contributed by atoms with Gasteiger partial charge in [-0.1, -0.05) is 17.7 Å². The number of carbonyl (C=O) groups is 2. The van der Waals surface area contributed by atoms with Crippen LogP contribution in [-0.2, 0) is 9.53 Å². The van der Waals surface area contributed by atoms with E-state index < -0.39 is 5.97 Å². The van der Waals surface area contributed by atoms with E-state index in [0.717, 1.165) is 11.3 Å². The van der Waals surface area contributed by atoms with Gasteiger partial charge in [0.1, 0.15) is 12.4 Å². The summed E-state index contributed by atoms with van der Waals surface area (Å²) in [5.41, 5.74) is 2.33. The average molecular weight is 299 g/mol. The first-order valence-electron chi connectivity index (χ1n) is 6.76. The third kappa shape index (κ3) is 4.43. The summed E-state index contributed by atoms with van der Waals surface area (Å²) in [6.07, 6.45) is 0. The van der Waals surface area contributed by atoms with Gasteiger partial charge in [0, 0.05) is 18.4 Å². The van der Waals surface area contributed by atoms with Crippen molar-refractivity contribution >= 4 is 17.6 Å². The Morgan fingerprint density at radius 1 is 1.00 bits per heavy atom. The van der Waals surface area contributed by atoms with E-state index in [-0.39, 0.29) is 12.5 Å². The summed E-state index contributed by atoms with van der Waals surface area (Å²) >= 11 is 0. The second-order valence-electron chi connectivity index (χ2n) is 4.75. The molecule has 0 aliphatic heterocycles. The number of carbonyl (C=O) groups excluding carboxylic acids is 2. The van der Waals surface area contributed by atoms with Crippen LogP contribution >= 0.6 is 0 Å². The largest absolute Gasteiger partial charge is 0.425 e. The molecule has 1 amide bonds. The summed E-state index contributed by atoms with van der Waals surface area (Å²) in [6, 6.07) is 13.9. The van der Waals surface area contributed by atoms with Crippen LogP contribution in [0.5, 0.6) is 5.75 Å². The van der Waals surface area contributed by atoms with Crippen molar-refractivity contribution in [1.29, 1.82) is 0 Å². The molecule has 114 valence electrons. The molecule has 0 saturated carbocycles. The standard InChI is InChI=1S/C17H17NO4/c1-12-3-7-14(8-4-12)18-17(20)13-5-9-15(10-6-13)22-16(19)11-21-2/h3-10H,11H2,1-2H3,(H,18,20). The molecule has 5 heteroatoms. The first kappa shape index (κ1) is 15.7. The first-order valence-corrected chi connectivity index (χ1v) is 6.76. The highest BCUT2D eigenvalue weighted by Gasteiger charge is 2.08. The minimum absolute atomic E-state index is 0.115. The van der Waals surface area contributed by atoms with Crippen molar-refractivity contribution in [3.8, 4) is 5.75 Å². The van der Waals surface area contributed by atoms with Gasteiger partial charge in [0.15, 0.2) is 0 Å². The Kier molecular flexibility index (Phi) is 5.27. The highest BCUT2D eigenvalue weighted by Crippen LogP contribution is 2.15. The fourth-order valence-electron chi connectivity index (χ4n) is 1.79. The number of amides is 1. The molecule has 22 heavy (non-hydrogen) atoms. The molecule has 0 saturated heterocycles. The molecular weight excluding hydrogens is 282 g/mol. The monoisotopic (exact) mass is 299 g/mol. The van der Waals surface area contributed by atoms with E-state index in [1.54, 1.807) is 24.3 Å². The summed E-state index contributed by atoms with van der Waals surface area (Å²) in [4.78, 5) is 23.4. The van der Waals surface area contributed by atoms with E-state index >= 15 is 0 Å². The molecule has 0 atom stereocenters. The zero-order valence-electron chi connectivity index (χ0n) is 12.5. The Labute approximate surface area is 128 Å². The SMILES string of the molecule is COCC(=O)Oc1ccc(C(=O)Nc2ccc(C)cc2)cc1. The quantitative estimate of drug-likeness (QED) is 0.681. The van der Waals surface area contributed by atoms with Crippen molar-refractivity contribution in [3.05, 3.63) is 59.7 Å². The van der Waals surface area contributed by atoms with Crippen molar-refractivity contribution in [2.75, 3.05) is 19.0 Å². The summed E-state index contributed by atoms with van der Waals surface area (Å²) in [7, 11) is 1.42. The topological polar surface area (TPSA) is 64.6 Å². The van der Waals surface area contributed by atoms with Crippen LogP contribution in [0.1, 0.15) is 15.9 Å². The van der Waals surface area contributed by atoms with Crippen LogP contribution in [0.4, 0.5) is 5.69 Å². The van der Waals surface area contributed by atoms with Gasteiger partial charge in [0.25, 0.3) is 5.91 Å². The van der Waals surface area contributed by atoms with Crippen LogP contribution in [0, 0.1) is 6.92 Å². The Bertz CT molecular complexity index is 647. The number of methoxy groups -OCH3 is 1. The Hall–Kier alpha value is -2.66. The van der Waals surface area contributed by atoms with E-state index in [4.69, 9.17) is 4.74 Å². The number of hydrogen-bond acceptors (Lipinski definition) is 4. The Balaban J connectivity index is 1.98. The lowest BCUT2D eigenvalue weighted by Crippen LogP contribution is -2.14. The third-order valence-corrected chi connectivity index (χ3v) is 2.92. The van der Waals surface area contributed by atoms with Gasteiger partial charge in [-0.3, -0.25) is 4.79 Å². The minimum Gasteiger partial charge on any atom is -0.425 e. The minimum atomic E-state index is -0.487. The molecule has 0 fully saturated rings. The van der Waals surface area contributed by atoms with Crippen molar-refractivity contribution in [1.82, 2.24) is 0 Å². The molecule has 0 bridgehead atoms. The van der Waals surface area contributed by atoms with Gasteiger partial charge in [0.2, 0.25) is 0 Å². The summed E-state index contributed by atoms with van der Waals surface area (Å²) in [5.74, 6) is -0.341. The zero-order valence-corrected chi connectivity index (χ0v) is 12.5. The molecule has 2 aromatic rings. The fourth-order valence-corrected chi connectivity index (χ4v) is 1.79. The number of anilines is 1. The molecule has 2 rings (SSSR count). The molecule has 2 aromatic carbocycles. The highest BCUT2D eigenvalue weighted by atomic mass is 16.6. The smallest absolute Gasteiger partial charge is 0.337 e. The van der Waals surface area contributed by atoms with Crippen LogP contribution in [-0.4, -0.2) is 25.6 Å². The van der Waals surface area contributed by atoms with Crippen LogP contribution in [0.2, 0.25) is 0 Å². The van der Waals surface area contributed by atoms with E-state index in [1.807, 2.05) is 31.2 Å². The first-order chi connectivity index (χ1) is 10.6. The predicted octanol–water partition coefficient (Wildman–Crippen LogP) is 2.80. The van der Waals surface area contributed by atoms with Gasteiger partial charge in [0.05, 0.1) is 0 Å². The van der Waals surface area contributed by atoms with Gasteiger partial charge in [-0.15, -0.1) is 0 Å². The Morgan fingerprint density at radius 2 is 1.64 bits per heavy atom. The van der Waals surface area contributed by atoms with Gasteiger partial charge in [-0.2, -0.15) is 0 Å². The summed E-state index contributed by atoms with van der Waals surface area (Å²) in [6.45, 7) is 1.87. The second kappa shape index (κ2) is 7.38. The van der Waals surface area contributed by atoms with Crippen molar-refractivity contribution in [2.45, 2.75) is 6.92 Å². The zero-order chi connectivity index (χ0) is 15.9. The predicted molar refractivity (Wildman–Crippen MR) is 83.1 cm³/mol. The van der Waals surface area contributed by atoms with Crippen LogP contribution in [0.15, 0.2) is 48.5 Å².